The number of carbonyl (C=O) groups excluding carboxylic acids is 2. The maximum atomic E-state index is 11.2. The third kappa shape index (κ3) is 6.46. The van der Waals surface area contributed by atoms with Gasteiger partial charge in [0.2, 0.25) is 0 Å². The first-order chi connectivity index (χ1) is 6.97. The zero-order valence-electron chi connectivity index (χ0n) is 9.20. The maximum Gasteiger partial charge on any atom is 0.310 e. The van der Waals surface area contributed by atoms with E-state index in [0.717, 1.165) is 0 Å². The van der Waals surface area contributed by atoms with Gasteiger partial charge in [0.05, 0.1) is 6.07 Å². The fraction of sp³-hybridized carbons (Fsp3) is 0.667. The molecule has 0 spiro atoms. The molecular weight excluding hydrogens is 196 g/mol. The smallest absolute Gasteiger partial charge is 0.310 e. The zero-order chi connectivity index (χ0) is 11.8. The van der Waals surface area contributed by atoms with Crippen LogP contribution in [0.3, 0.4) is 0 Å². The molecule has 0 aromatic carbocycles. The van der Waals surface area contributed by atoms with E-state index < -0.39 is 11.8 Å². The van der Waals surface area contributed by atoms with Gasteiger partial charge in [0, 0.05) is 12.6 Å². The van der Waals surface area contributed by atoms with Crippen LogP contribution in [-0.2, 0) is 9.59 Å². The Labute approximate surface area is 89.2 Å². The quantitative estimate of drug-likeness (QED) is 0.447. The molecule has 0 heterocycles. The minimum Gasteiger partial charge on any atom is -0.344 e. The summed E-state index contributed by atoms with van der Waals surface area (Å²) in [5, 5.41) is 12.9. The highest BCUT2D eigenvalue weighted by Crippen LogP contribution is 1.84. The Balaban J connectivity index is 3.92. The number of amides is 2. The molecule has 0 bridgehead atoms. The van der Waals surface area contributed by atoms with Crippen molar-refractivity contribution in [2.24, 2.45) is 0 Å². The van der Waals surface area contributed by atoms with Crippen LogP contribution in [0.25, 0.3) is 0 Å². The fourth-order valence-corrected chi connectivity index (χ4v) is 1.08. The third-order valence-electron chi connectivity index (χ3n) is 1.55. The predicted octanol–water partition coefficient (Wildman–Crippen LogP) is -1.31. The standard InChI is InChI=1S/C9H16N4O2/c1-7(6-13(2)3)12-9(15)8(14)11-5-4-10/h7H,5-6H2,1-3H3,(H,11,14)(H,12,15). The molecule has 0 aliphatic rings. The zero-order valence-corrected chi connectivity index (χ0v) is 9.20. The van der Waals surface area contributed by atoms with Gasteiger partial charge < -0.3 is 15.5 Å². The summed E-state index contributed by atoms with van der Waals surface area (Å²) in [5.41, 5.74) is 0. The van der Waals surface area contributed by atoms with E-state index in [1.165, 1.54) is 0 Å². The van der Waals surface area contributed by atoms with Gasteiger partial charge in [-0.05, 0) is 21.0 Å². The molecule has 0 rings (SSSR count). The van der Waals surface area contributed by atoms with Gasteiger partial charge in [0.1, 0.15) is 6.54 Å². The summed E-state index contributed by atoms with van der Waals surface area (Å²) in [6.45, 7) is 2.29. The molecule has 0 fully saturated rings. The molecule has 0 aliphatic carbocycles. The Morgan fingerprint density at radius 3 is 2.47 bits per heavy atom. The van der Waals surface area contributed by atoms with Crippen LogP contribution >= 0.6 is 0 Å². The molecule has 0 aromatic rings. The van der Waals surface area contributed by atoms with Crippen LogP contribution in [-0.4, -0.2) is 49.9 Å². The number of hydrogen-bond acceptors (Lipinski definition) is 4. The summed E-state index contributed by atoms with van der Waals surface area (Å²) in [4.78, 5) is 24.1. The maximum absolute atomic E-state index is 11.2. The minimum atomic E-state index is -0.776. The lowest BCUT2D eigenvalue weighted by atomic mass is 10.3. The lowest BCUT2D eigenvalue weighted by molar-refractivity contribution is -0.139. The minimum absolute atomic E-state index is 0.111. The second kappa shape index (κ2) is 6.79. The number of nitrogens with zero attached hydrogens (tertiary/aromatic N) is 2. The van der Waals surface area contributed by atoms with E-state index in [1.807, 2.05) is 19.0 Å². The normalized spacial score (nSPS) is 11.7. The summed E-state index contributed by atoms with van der Waals surface area (Å²) in [7, 11) is 3.75. The van der Waals surface area contributed by atoms with Gasteiger partial charge in [-0.1, -0.05) is 0 Å². The average Bonchev–Trinajstić information content (AvgIpc) is 2.12. The number of nitrogens with one attached hydrogen (secondary N) is 2. The van der Waals surface area contributed by atoms with E-state index >= 15 is 0 Å². The Kier molecular flexibility index (Phi) is 6.06. The van der Waals surface area contributed by atoms with Crippen LogP contribution in [0.2, 0.25) is 0 Å². The number of nitriles is 1. The first kappa shape index (κ1) is 13.4. The average molecular weight is 212 g/mol. The van der Waals surface area contributed by atoms with Gasteiger partial charge in [-0.15, -0.1) is 0 Å². The first-order valence-corrected chi connectivity index (χ1v) is 4.57. The highest BCUT2D eigenvalue weighted by Gasteiger charge is 2.15. The highest BCUT2D eigenvalue weighted by molar-refractivity contribution is 6.35. The fourth-order valence-electron chi connectivity index (χ4n) is 1.08. The van der Waals surface area contributed by atoms with E-state index in [9.17, 15) is 9.59 Å². The Hall–Kier alpha value is -1.61. The number of rotatable bonds is 4. The Morgan fingerprint density at radius 1 is 1.40 bits per heavy atom. The van der Waals surface area contributed by atoms with Crippen molar-refractivity contribution in [1.82, 2.24) is 15.5 Å². The van der Waals surface area contributed by atoms with Crippen LogP contribution < -0.4 is 10.6 Å². The molecule has 0 saturated carbocycles. The summed E-state index contributed by atoms with van der Waals surface area (Å²) in [5.74, 6) is -1.48. The van der Waals surface area contributed by atoms with E-state index in [0.29, 0.717) is 6.54 Å². The van der Waals surface area contributed by atoms with Gasteiger partial charge in [-0.25, -0.2) is 0 Å². The van der Waals surface area contributed by atoms with Gasteiger partial charge in [-0.2, -0.15) is 5.26 Å². The highest BCUT2D eigenvalue weighted by atomic mass is 16.2. The Morgan fingerprint density at radius 2 is 2.00 bits per heavy atom. The van der Waals surface area contributed by atoms with Crippen LogP contribution in [0, 0.1) is 11.3 Å². The van der Waals surface area contributed by atoms with Crippen molar-refractivity contribution < 1.29 is 9.59 Å². The van der Waals surface area contributed by atoms with E-state index in [2.05, 4.69) is 10.6 Å². The topological polar surface area (TPSA) is 85.2 Å². The SMILES string of the molecule is CC(CN(C)C)NC(=O)C(=O)NCC#N. The van der Waals surface area contributed by atoms with Crippen molar-refractivity contribution in [3.05, 3.63) is 0 Å². The summed E-state index contributed by atoms with van der Waals surface area (Å²) in [6.07, 6.45) is 0. The summed E-state index contributed by atoms with van der Waals surface area (Å²) < 4.78 is 0. The summed E-state index contributed by atoms with van der Waals surface area (Å²) in [6, 6.07) is 1.61. The van der Waals surface area contributed by atoms with E-state index in [-0.39, 0.29) is 12.6 Å². The molecule has 0 radical (unpaired) electrons. The van der Waals surface area contributed by atoms with Crippen molar-refractivity contribution in [2.45, 2.75) is 13.0 Å². The van der Waals surface area contributed by atoms with Crippen LogP contribution in [0.5, 0.6) is 0 Å². The van der Waals surface area contributed by atoms with Gasteiger partial charge in [0.25, 0.3) is 0 Å². The largest absolute Gasteiger partial charge is 0.344 e. The number of carbonyl (C=O) groups is 2. The molecule has 84 valence electrons. The van der Waals surface area contributed by atoms with Crippen molar-refractivity contribution in [3.8, 4) is 6.07 Å². The first-order valence-electron chi connectivity index (χ1n) is 4.57. The lowest BCUT2D eigenvalue weighted by Gasteiger charge is -2.17. The van der Waals surface area contributed by atoms with Crippen molar-refractivity contribution in [3.63, 3.8) is 0 Å². The molecule has 2 amide bonds. The summed E-state index contributed by atoms with van der Waals surface area (Å²) >= 11 is 0. The van der Waals surface area contributed by atoms with Crippen molar-refractivity contribution in [2.75, 3.05) is 27.2 Å². The molecule has 1 atom stereocenters. The molecule has 2 N–H and O–H groups in total. The van der Waals surface area contributed by atoms with Gasteiger partial charge >= 0.3 is 11.8 Å². The second-order valence-corrected chi connectivity index (χ2v) is 3.48. The van der Waals surface area contributed by atoms with Crippen LogP contribution in [0.15, 0.2) is 0 Å². The Bertz CT molecular complexity index is 270. The van der Waals surface area contributed by atoms with E-state index in [1.54, 1.807) is 13.0 Å². The monoisotopic (exact) mass is 212 g/mol. The molecule has 1 unspecified atom stereocenters. The number of hydrogen-bond donors (Lipinski definition) is 2. The second-order valence-electron chi connectivity index (χ2n) is 3.48. The van der Waals surface area contributed by atoms with Crippen LogP contribution in [0.4, 0.5) is 0 Å². The lowest BCUT2D eigenvalue weighted by Crippen LogP contribution is -2.46. The van der Waals surface area contributed by atoms with E-state index in [4.69, 9.17) is 5.26 Å². The van der Waals surface area contributed by atoms with Gasteiger partial charge in [-0.3, -0.25) is 9.59 Å². The molecule has 0 aromatic heterocycles. The molecule has 0 aliphatic heterocycles. The molecule has 6 heteroatoms. The van der Waals surface area contributed by atoms with Crippen molar-refractivity contribution >= 4 is 11.8 Å². The van der Waals surface area contributed by atoms with Gasteiger partial charge in [0.15, 0.2) is 0 Å². The number of likely N-dealkylation sites (N-methyl/N-ethyl adjacent to an activating group) is 1. The molecular formula is C9H16N4O2. The molecule has 0 saturated heterocycles. The molecule has 15 heavy (non-hydrogen) atoms. The third-order valence-corrected chi connectivity index (χ3v) is 1.55. The van der Waals surface area contributed by atoms with Crippen molar-refractivity contribution in [1.29, 1.82) is 5.26 Å². The van der Waals surface area contributed by atoms with Crippen LogP contribution in [0.1, 0.15) is 6.92 Å². The molecule has 6 nitrogen and oxygen atoms in total. The predicted molar refractivity (Wildman–Crippen MR) is 54.8 cm³/mol.